The first-order valence-corrected chi connectivity index (χ1v) is 15.1. The highest BCUT2D eigenvalue weighted by Gasteiger charge is 2.33. The zero-order chi connectivity index (χ0) is 27.6. The van der Waals surface area contributed by atoms with Crippen molar-refractivity contribution >= 4 is 56.3 Å². The average molecular weight is 583 g/mol. The van der Waals surface area contributed by atoms with E-state index in [-0.39, 0.29) is 35.8 Å². The van der Waals surface area contributed by atoms with Crippen molar-refractivity contribution in [1.82, 2.24) is 19.4 Å². The molecule has 12 heteroatoms. The molecule has 2 fully saturated rings. The maximum Gasteiger partial charge on any atom is 0.309 e. The topological polar surface area (TPSA) is 111 Å². The number of esters is 1. The van der Waals surface area contributed by atoms with E-state index >= 15 is 0 Å². The van der Waals surface area contributed by atoms with Gasteiger partial charge in [-0.2, -0.15) is 9.40 Å². The molecule has 2 aliphatic heterocycles. The van der Waals surface area contributed by atoms with Gasteiger partial charge in [0.1, 0.15) is 10.0 Å². The molecule has 1 N–H and O–H groups in total. The monoisotopic (exact) mass is 582 g/mol. The van der Waals surface area contributed by atoms with Crippen LogP contribution in [-0.4, -0.2) is 58.4 Å². The molecule has 1 aromatic heterocycles. The fraction of sp³-hybridized carbons (Fsp3) is 0.259. The molecular formula is C27H26N4O5S3. The summed E-state index contributed by atoms with van der Waals surface area (Å²) >= 11 is 6.29. The second-order valence-electron chi connectivity index (χ2n) is 9.02. The van der Waals surface area contributed by atoms with Gasteiger partial charge >= 0.3 is 5.97 Å². The molecule has 1 amide bonds. The fourth-order valence-corrected chi connectivity index (χ4v) is 7.09. The Balaban J connectivity index is 1.48. The third-order valence-corrected chi connectivity index (χ3v) is 9.57. The number of thiocarbonyl (C=S) groups is 1. The molecular weight excluding hydrogens is 557 g/mol. The first kappa shape index (κ1) is 27.3. The summed E-state index contributed by atoms with van der Waals surface area (Å²) in [5.74, 6) is -0.855. The van der Waals surface area contributed by atoms with Gasteiger partial charge in [-0.3, -0.25) is 9.59 Å². The lowest BCUT2D eigenvalue weighted by Gasteiger charge is -2.30. The number of hydrogen-bond donors (Lipinski definition) is 1. The molecule has 9 nitrogen and oxygen atoms in total. The Labute approximate surface area is 236 Å². The minimum absolute atomic E-state index is 0.136. The predicted molar refractivity (Wildman–Crippen MR) is 153 cm³/mol. The molecule has 0 unspecified atom stereocenters. The number of sulfonamides is 1. The highest BCUT2D eigenvalue weighted by atomic mass is 32.2. The van der Waals surface area contributed by atoms with E-state index in [1.54, 1.807) is 48.1 Å². The van der Waals surface area contributed by atoms with E-state index in [9.17, 15) is 18.0 Å². The van der Waals surface area contributed by atoms with Crippen molar-refractivity contribution in [2.75, 3.05) is 19.7 Å². The zero-order valence-corrected chi connectivity index (χ0v) is 23.5. The second kappa shape index (κ2) is 11.4. The Morgan fingerprint density at radius 3 is 2.59 bits per heavy atom. The number of aromatic nitrogens is 2. The van der Waals surface area contributed by atoms with Crippen molar-refractivity contribution in [3.05, 3.63) is 71.3 Å². The van der Waals surface area contributed by atoms with Crippen LogP contribution in [0, 0.1) is 5.92 Å². The van der Waals surface area contributed by atoms with Crippen LogP contribution in [0.2, 0.25) is 0 Å². The van der Waals surface area contributed by atoms with E-state index in [0.717, 1.165) is 5.69 Å². The number of piperidine rings is 1. The van der Waals surface area contributed by atoms with Crippen LogP contribution in [0.25, 0.3) is 23.0 Å². The normalized spacial score (nSPS) is 17.9. The van der Waals surface area contributed by atoms with E-state index in [1.165, 1.54) is 16.1 Å². The minimum atomic E-state index is -3.80. The standard InChI is InChI=1S/C27H26N4O5S3/c1-2-36-26(33)18-11-13-30(14-12-18)39(34,35)22-10-6-7-19(15-22)24-20(16-23-25(32)28-27(37)38-23)17-31(29-24)21-8-4-3-5-9-21/h3-10,15-18H,2,11-14H2,1H3,(H,28,32,37)/b23-16-. The number of nitrogens with one attached hydrogen (secondary N) is 1. The summed E-state index contributed by atoms with van der Waals surface area (Å²) in [6, 6.07) is 16.1. The summed E-state index contributed by atoms with van der Waals surface area (Å²) in [4.78, 5) is 25.0. The lowest BCUT2D eigenvalue weighted by Crippen LogP contribution is -2.40. The first-order valence-electron chi connectivity index (χ1n) is 12.4. The van der Waals surface area contributed by atoms with E-state index < -0.39 is 10.0 Å². The van der Waals surface area contributed by atoms with E-state index in [0.29, 0.717) is 45.5 Å². The minimum Gasteiger partial charge on any atom is -0.466 e. The van der Waals surface area contributed by atoms with Crippen molar-refractivity contribution in [2.24, 2.45) is 5.92 Å². The molecule has 0 spiro atoms. The van der Waals surface area contributed by atoms with Crippen molar-refractivity contribution in [1.29, 1.82) is 0 Å². The lowest BCUT2D eigenvalue weighted by atomic mass is 9.98. The molecule has 3 aromatic rings. The van der Waals surface area contributed by atoms with Gasteiger partial charge in [-0.1, -0.05) is 54.3 Å². The summed E-state index contributed by atoms with van der Waals surface area (Å²) < 4.78 is 35.7. The van der Waals surface area contributed by atoms with Gasteiger partial charge < -0.3 is 10.1 Å². The van der Waals surface area contributed by atoms with Gasteiger partial charge in [0.25, 0.3) is 5.91 Å². The van der Waals surface area contributed by atoms with Crippen molar-refractivity contribution < 1.29 is 22.7 Å². The number of ether oxygens (including phenoxy) is 1. The van der Waals surface area contributed by atoms with Crippen LogP contribution in [0.15, 0.2) is 70.6 Å². The smallest absolute Gasteiger partial charge is 0.309 e. The quantitative estimate of drug-likeness (QED) is 0.253. The van der Waals surface area contributed by atoms with Crippen LogP contribution in [0.1, 0.15) is 25.3 Å². The van der Waals surface area contributed by atoms with Crippen LogP contribution in [0.4, 0.5) is 0 Å². The Hall–Kier alpha value is -3.32. The Kier molecular flexibility index (Phi) is 7.98. The average Bonchev–Trinajstić information content (AvgIpc) is 3.51. The van der Waals surface area contributed by atoms with Gasteiger partial charge in [0.2, 0.25) is 10.0 Å². The summed E-state index contributed by atoms with van der Waals surface area (Å²) in [7, 11) is -3.80. The number of hydrogen-bond acceptors (Lipinski definition) is 8. The number of amides is 1. The molecule has 0 atom stereocenters. The maximum absolute atomic E-state index is 13.5. The Bertz CT molecular complexity index is 1560. The highest BCUT2D eigenvalue weighted by Crippen LogP contribution is 2.33. The number of thioether (sulfide) groups is 1. The number of benzene rings is 2. The lowest BCUT2D eigenvalue weighted by molar-refractivity contribution is -0.149. The molecule has 0 saturated carbocycles. The molecule has 39 heavy (non-hydrogen) atoms. The SMILES string of the molecule is CCOC(=O)C1CCN(S(=O)(=O)c2cccc(-c3nn(-c4ccccc4)cc3/C=C3\SC(=S)NC3=O)c2)CC1. The van der Waals surface area contributed by atoms with Crippen LogP contribution in [-0.2, 0) is 24.3 Å². The highest BCUT2D eigenvalue weighted by molar-refractivity contribution is 8.26. The number of rotatable bonds is 7. The summed E-state index contributed by atoms with van der Waals surface area (Å²) in [5.41, 5.74) is 2.57. The summed E-state index contributed by atoms with van der Waals surface area (Å²) in [6.07, 6.45) is 4.34. The van der Waals surface area contributed by atoms with E-state index in [4.69, 9.17) is 22.1 Å². The third-order valence-electron chi connectivity index (χ3n) is 6.51. The third kappa shape index (κ3) is 5.83. The van der Waals surface area contributed by atoms with Gasteiger partial charge in [0.05, 0.1) is 28.0 Å². The van der Waals surface area contributed by atoms with E-state index in [1.807, 2.05) is 30.3 Å². The largest absolute Gasteiger partial charge is 0.466 e. The Morgan fingerprint density at radius 2 is 1.92 bits per heavy atom. The van der Waals surface area contributed by atoms with Crippen molar-refractivity contribution in [2.45, 2.75) is 24.7 Å². The molecule has 0 aliphatic carbocycles. The van der Waals surface area contributed by atoms with Crippen LogP contribution in [0.3, 0.4) is 0 Å². The Morgan fingerprint density at radius 1 is 1.18 bits per heavy atom. The molecule has 2 aliphatic rings. The number of carbonyl (C=O) groups is 2. The maximum atomic E-state index is 13.5. The molecule has 202 valence electrons. The molecule has 0 bridgehead atoms. The van der Waals surface area contributed by atoms with Crippen LogP contribution in [0.5, 0.6) is 0 Å². The summed E-state index contributed by atoms with van der Waals surface area (Å²) in [5, 5.41) is 7.37. The molecule has 2 aromatic carbocycles. The van der Waals surface area contributed by atoms with Gasteiger partial charge in [-0.05, 0) is 50.1 Å². The molecule has 5 rings (SSSR count). The van der Waals surface area contributed by atoms with Gasteiger partial charge in [0, 0.05) is 30.4 Å². The number of para-hydroxylation sites is 1. The summed E-state index contributed by atoms with van der Waals surface area (Å²) in [6.45, 7) is 2.54. The van der Waals surface area contributed by atoms with Gasteiger partial charge in [-0.25, -0.2) is 13.1 Å². The zero-order valence-electron chi connectivity index (χ0n) is 21.1. The van der Waals surface area contributed by atoms with Crippen LogP contribution >= 0.6 is 24.0 Å². The number of carbonyl (C=O) groups excluding carboxylic acids is 2. The van der Waals surface area contributed by atoms with Gasteiger partial charge in [0.15, 0.2) is 0 Å². The van der Waals surface area contributed by atoms with Crippen molar-refractivity contribution in [3.8, 4) is 16.9 Å². The first-order chi connectivity index (χ1) is 18.8. The van der Waals surface area contributed by atoms with Crippen LogP contribution < -0.4 is 5.32 Å². The number of nitrogens with zero attached hydrogens (tertiary/aromatic N) is 3. The predicted octanol–water partition coefficient (Wildman–Crippen LogP) is 3.99. The van der Waals surface area contributed by atoms with Gasteiger partial charge in [-0.15, -0.1) is 0 Å². The molecule has 3 heterocycles. The van der Waals surface area contributed by atoms with E-state index in [2.05, 4.69) is 5.32 Å². The second-order valence-corrected chi connectivity index (χ2v) is 12.7. The fourth-order valence-electron chi connectivity index (χ4n) is 4.54. The van der Waals surface area contributed by atoms with Crippen molar-refractivity contribution in [3.63, 3.8) is 0 Å². The molecule has 0 radical (unpaired) electrons. The molecule has 2 saturated heterocycles.